The van der Waals surface area contributed by atoms with Gasteiger partial charge in [0.15, 0.2) is 18.1 Å². The summed E-state index contributed by atoms with van der Waals surface area (Å²) in [6.45, 7) is 6.07. The maximum Gasteiger partial charge on any atom is 0.258 e. The van der Waals surface area contributed by atoms with Crippen LogP contribution in [-0.2, 0) is 4.79 Å². The SMILES string of the molecule is C=CCNC(=O)COc1ccc(C#N)cc1OCC. The standard InChI is InChI=1S/C14H16N2O3/c1-3-7-16-14(17)10-19-12-6-5-11(9-15)8-13(12)18-4-2/h3,5-6,8H,1,4,7,10H2,2H3,(H,16,17). The third-order valence-corrected chi connectivity index (χ3v) is 2.17. The molecule has 0 fully saturated rings. The van der Waals surface area contributed by atoms with Crippen molar-refractivity contribution in [3.8, 4) is 17.6 Å². The normalized spacial score (nSPS) is 9.26. The second kappa shape index (κ2) is 7.77. The summed E-state index contributed by atoms with van der Waals surface area (Å²) in [5.74, 6) is 0.652. The number of amides is 1. The van der Waals surface area contributed by atoms with Crippen LogP contribution in [0.15, 0.2) is 30.9 Å². The number of ether oxygens (including phenoxy) is 2. The van der Waals surface area contributed by atoms with E-state index in [1.54, 1.807) is 24.3 Å². The molecule has 0 atom stereocenters. The third kappa shape index (κ3) is 4.72. The molecular formula is C14H16N2O3. The first-order valence-corrected chi connectivity index (χ1v) is 5.88. The molecule has 5 heteroatoms. The van der Waals surface area contributed by atoms with Gasteiger partial charge in [0.05, 0.1) is 18.2 Å². The molecule has 1 aromatic rings. The van der Waals surface area contributed by atoms with Crippen LogP contribution >= 0.6 is 0 Å². The number of benzene rings is 1. The van der Waals surface area contributed by atoms with E-state index in [4.69, 9.17) is 14.7 Å². The highest BCUT2D eigenvalue weighted by molar-refractivity contribution is 5.77. The molecule has 0 saturated heterocycles. The van der Waals surface area contributed by atoms with Gasteiger partial charge in [0.1, 0.15) is 0 Å². The first-order valence-electron chi connectivity index (χ1n) is 5.88. The largest absolute Gasteiger partial charge is 0.490 e. The van der Waals surface area contributed by atoms with E-state index < -0.39 is 0 Å². The van der Waals surface area contributed by atoms with Crippen molar-refractivity contribution >= 4 is 5.91 Å². The maximum atomic E-state index is 11.4. The smallest absolute Gasteiger partial charge is 0.258 e. The highest BCUT2D eigenvalue weighted by atomic mass is 16.5. The molecule has 1 N–H and O–H groups in total. The van der Waals surface area contributed by atoms with Crippen molar-refractivity contribution < 1.29 is 14.3 Å². The van der Waals surface area contributed by atoms with Gasteiger partial charge in [-0.05, 0) is 19.1 Å². The van der Waals surface area contributed by atoms with Crippen molar-refractivity contribution in [2.45, 2.75) is 6.92 Å². The fraction of sp³-hybridized carbons (Fsp3) is 0.286. The second-order valence-corrected chi connectivity index (χ2v) is 3.59. The van der Waals surface area contributed by atoms with Crippen LogP contribution in [0, 0.1) is 11.3 Å². The second-order valence-electron chi connectivity index (χ2n) is 3.59. The van der Waals surface area contributed by atoms with E-state index in [0.29, 0.717) is 30.2 Å². The Balaban J connectivity index is 2.69. The lowest BCUT2D eigenvalue weighted by molar-refractivity contribution is -0.122. The van der Waals surface area contributed by atoms with E-state index >= 15 is 0 Å². The molecule has 1 rings (SSSR count). The third-order valence-electron chi connectivity index (χ3n) is 2.17. The van der Waals surface area contributed by atoms with E-state index in [2.05, 4.69) is 11.9 Å². The predicted molar refractivity (Wildman–Crippen MR) is 71.0 cm³/mol. The lowest BCUT2D eigenvalue weighted by Crippen LogP contribution is -2.28. The Labute approximate surface area is 112 Å². The van der Waals surface area contributed by atoms with Gasteiger partial charge in [0.25, 0.3) is 5.91 Å². The lowest BCUT2D eigenvalue weighted by Gasteiger charge is -2.11. The molecule has 0 radical (unpaired) electrons. The number of nitrogens with zero attached hydrogens (tertiary/aromatic N) is 1. The highest BCUT2D eigenvalue weighted by Gasteiger charge is 2.08. The van der Waals surface area contributed by atoms with Crippen LogP contribution in [0.1, 0.15) is 12.5 Å². The van der Waals surface area contributed by atoms with Crippen LogP contribution in [0.25, 0.3) is 0 Å². The molecule has 0 aromatic heterocycles. The van der Waals surface area contributed by atoms with Crippen LogP contribution in [0.5, 0.6) is 11.5 Å². The first-order chi connectivity index (χ1) is 9.21. The van der Waals surface area contributed by atoms with Gasteiger partial charge in [0.2, 0.25) is 0 Å². The minimum atomic E-state index is -0.244. The zero-order chi connectivity index (χ0) is 14.1. The first kappa shape index (κ1) is 14.6. The van der Waals surface area contributed by atoms with Crippen molar-refractivity contribution in [1.29, 1.82) is 5.26 Å². The van der Waals surface area contributed by atoms with E-state index in [1.807, 2.05) is 13.0 Å². The molecule has 0 unspecified atom stereocenters. The van der Waals surface area contributed by atoms with Crippen LogP contribution in [-0.4, -0.2) is 25.7 Å². The van der Waals surface area contributed by atoms with Gasteiger partial charge in [-0.1, -0.05) is 6.08 Å². The minimum absolute atomic E-state index is 0.111. The molecule has 0 bridgehead atoms. The van der Waals surface area contributed by atoms with Gasteiger partial charge in [-0.2, -0.15) is 5.26 Å². The fourth-order valence-electron chi connectivity index (χ4n) is 1.35. The molecule has 0 saturated carbocycles. The quantitative estimate of drug-likeness (QED) is 0.756. The fourth-order valence-corrected chi connectivity index (χ4v) is 1.35. The summed E-state index contributed by atoms with van der Waals surface area (Å²) in [6, 6.07) is 6.83. The van der Waals surface area contributed by atoms with Crippen molar-refractivity contribution in [3.05, 3.63) is 36.4 Å². The summed E-state index contributed by atoms with van der Waals surface area (Å²) in [5.41, 5.74) is 0.479. The number of hydrogen-bond acceptors (Lipinski definition) is 4. The van der Waals surface area contributed by atoms with Crippen molar-refractivity contribution in [3.63, 3.8) is 0 Å². The zero-order valence-corrected chi connectivity index (χ0v) is 10.8. The molecule has 1 amide bonds. The number of nitrogens with one attached hydrogen (secondary N) is 1. The van der Waals surface area contributed by atoms with Crippen molar-refractivity contribution in [1.82, 2.24) is 5.32 Å². The van der Waals surface area contributed by atoms with E-state index in [1.165, 1.54) is 0 Å². The number of nitriles is 1. The summed E-state index contributed by atoms with van der Waals surface area (Å²) in [4.78, 5) is 11.4. The summed E-state index contributed by atoms with van der Waals surface area (Å²) >= 11 is 0. The molecule has 0 aliphatic heterocycles. The van der Waals surface area contributed by atoms with Crippen LogP contribution in [0.3, 0.4) is 0 Å². The number of rotatable bonds is 7. The van der Waals surface area contributed by atoms with Crippen LogP contribution in [0.4, 0.5) is 0 Å². The molecule has 0 spiro atoms. The Morgan fingerprint density at radius 3 is 2.89 bits per heavy atom. The molecule has 5 nitrogen and oxygen atoms in total. The molecule has 100 valence electrons. The highest BCUT2D eigenvalue weighted by Crippen LogP contribution is 2.28. The van der Waals surface area contributed by atoms with E-state index in [0.717, 1.165) is 0 Å². The number of hydrogen-bond donors (Lipinski definition) is 1. The Morgan fingerprint density at radius 1 is 1.47 bits per heavy atom. The number of carbonyl (C=O) groups excluding carboxylic acids is 1. The summed E-state index contributed by atoms with van der Waals surface area (Å²) in [7, 11) is 0. The molecule has 0 aliphatic rings. The molecule has 1 aromatic carbocycles. The maximum absolute atomic E-state index is 11.4. The van der Waals surface area contributed by atoms with Crippen LogP contribution < -0.4 is 14.8 Å². The van der Waals surface area contributed by atoms with Gasteiger partial charge >= 0.3 is 0 Å². The summed E-state index contributed by atoms with van der Waals surface area (Å²) in [5, 5.41) is 11.4. The Morgan fingerprint density at radius 2 is 2.26 bits per heavy atom. The Kier molecular flexibility index (Phi) is 5.96. The average Bonchev–Trinajstić information content (AvgIpc) is 2.43. The Bertz CT molecular complexity index is 492. The van der Waals surface area contributed by atoms with Crippen molar-refractivity contribution in [2.75, 3.05) is 19.8 Å². The monoisotopic (exact) mass is 260 g/mol. The average molecular weight is 260 g/mol. The van der Waals surface area contributed by atoms with Gasteiger partial charge in [-0.3, -0.25) is 4.79 Å². The molecule has 19 heavy (non-hydrogen) atoms. The van der Waals surface area contributed by atoms with E-state index in [-0.39, 0.29) is 12.5 Å². The van der Waals surface area contributed by atoms with Gasteiger partial charge in [0, 0.05) is 12.6 Å². The van der Waals surface area contributed by atoms with Gasteiger partial charge in [-0.25, -0.2) is 0 Å². The zero-order valence-electron chi connectivity index (χ0n) is 10.8. The summed E-state index contributed by atoms with van der Waals surface area (Å²) < 4.78 is 10.7. The Hall–Kier alpha value is -2.48. The number of carbonyl (C=O) groups is 1. The van der Waals surface area contributed by atoms with E-state index in [9.17, 15) is 4.79 Å². The lowest BCUT2D eigenvalue weighted by atomic mass is 10.2. The minimum Gasteiger partial charge on any atom is -0.490 e. The van der Waals surface area contributed by atoms with Gasteiger partial charge in [-0.15, -0.1) is 6.58 Å². The van der Waals surface area contributed by atoms with Crippen LogP contribution in [0.2, 0.25) is 0 Å². The summed E-state index contributed by atoms with van der Waals surface area (Å²) in [6.07, 6.45) is 1.59. The molecule has 0 aliphatic carbocycles. The molecular weight excluding hydrogens is 244 g/mol. The van der Waals surface area contributed by atoms with Crippen molar-refractivity contribution in [2.24, 2.45) is 0 Å². The topological polar surface area (TPSA) is 71.3 Å². The predicted octanol–water partition coefficient (Wildman–Crippen LogP) is 1.64. The molecule has 0 heterocycles. The van der Waals surface area contributed by atoms with Gasteiger partial charge < -0.3 is 14.8 Å².